The summed E-state index contributed by atoms with van der Waals surface area (Å²) in [6.45, 7) is 1.94. The number of para-hydroxylation sites is 2. The van der Waals surface area contributed by atoms with Gasteiger partial charge in [0.2, 0.25) is 11.8 Å². The fourth-order valence-electron chi connectivity index (χ4n) is 3.54. The minimum Gasteiger partial charge on any atom is -0.457 e. The Balaban J connectivity index is 1.20. The number of rotatable bonds is 5. The number of furan rings is 1. The van der Waals surface area contributed by atoms with Gasteiger partial charge in [-0.15, -0.1) is 0 Å². The van der Waals surface area contributed by atoms with Gasteiger partial charge in [-0.05, 0) is 79.3 Å². The van der Waals surface area contributed by atoms with E-state index in [1.807, 2.05) is 79.7 Å². The van der Waals surface area contributed by atoms with Crippen molar-refractivity contribution in [1.29, 1.82) is 0 Å². The van der Waals surface area contributed by atoms with E-state index in [0.717, 1.165) is 22.2 Å². The van der Waals surface area contributed by atoms with Crippen LogP contribution in [0.25, 0.3) is 40.0 Å². The molecule has 5 rings (SSSR count). The molecule has 0 unspecified atom stereocenters. The number of amides is 1. The van der Waals surface area contributed by atoms with Crippen LogP contribution < -0.4 is 10.6 Å². The van der Waals surface area contributed by atoms with Crippen LogP contribution in [0.1, 0.15) is 11.3 Å². The average Bonchev–Trinajstić information content (AvgIpc) is 3.52. The van der Waals surface area contributed by atoms with Crippen LogP contribution >= 0.6 is 23.8 Å². The first-order valence-electron chi connectivity index (χ1n) is 11.1. The Bertz CT molecular complexity index is 1590. The van der Waals surface area contributed by atoms with E-state index in [0.29, 0.717) is 33.7 Å². The number of aryl methyl sites for hydroxylation is 1. The van der Waals surface area contributed by atoms with Crippen LogP contribution in [0.15, 0.2) is 93.8 Å². The van der Waals surface area contributed by atoms with Gasteiger partial charge in [0.05, 0.1) is 0 Å². The number of oxazole rings is 1. The van der Waals surface area contributed by atoms with Gasteiger partial charge in [0, 0.05) is 27.9 Å². The molecule has 0 atom stereocenters. The second kappa shape index (κ2) is 10.2. The summed E-state index contributed by atoms with van der Waals surface area (Å²) in [6.07, 6.45) is 2.93. The van der Waals surface area contributed by atoms with E-state index in [1.54, 1.807) is 12.1 Å². The van der Waals surface area contributed by atoms with Gasteiger partial charge in [-0.2, -0.15) is 0 Å². The maximum Gasteiger partial charge on any atom is 0.250 e. The first-order valence-corrected chi connectivity index (χ1v) is 11.9. The lowest BCUT2D eigenvalue weighted by atomic mass is 10.1. The minimum absolute atomic E-state index is 0.161. The predicted octanol–water partition coefficient (Wildman–Crippen LogP) is 7.24. The van der Waals surface area contributed by atoms with Gasteiger partial charge >= 0.3 is 0 Å². The third-order valence-electron chi connectivity index (χ3n) is 5.38. The summed E-state index contributed by atoms with van der Waals surface area (Å²) in [5, 5.41) is 6.47. The number of nitrogens with one attached hydrogen (secondary N) is 2. The van der Waals surface area contributed by atoms with Gasteiger partial charge in [-0.3, -0.25) is 10.1 Å². The van der Waals surface area contributed by atoms with Crippen molar-refractivity contribution >= 4 is 57.7 Å². The second-order valence-electron chi connectivity index (χ2n) is 8.01. The highest BCUT2D eigenvalue weighted by atomic mass is 35.5. The molecule has 0 radical (unpaired) electrons. The molecule has 8 heteroatoms. The Morgan fingerprint density at radius 3 is 2.67 bits per heavy atom. The van der Waals surface area contributed by atoms with Gasteiger partial charge in [-0.1, -0.05) is 41.9 Å². The summed E-state index contributed by atoms with van der Waals surface area (Å²) in [6, 6.07) is 24.3. The van der Waals surface area contributed by atoms with Crippen LogP contribution in [0.5, 0.6) is 0 Å². The Labute approximate surface area is 217 Å². The van der Waals surface area contributed by atoms with E-state index in [1.165, 1.54) is 6.08 Å². The van der Waals surface area contributed by atoms with E-state index < -0.39 is 0 Å². The molecule has 0 saturated carbocycles. The lowest BCUT2D eigenvalue weighted by Gasteiger charge is -2.08. The van der Waals surface area contributed by atoms with E-state index in [9.17, 15) is 4.79 Å². The quantitative estimate of drug-likeness (QED) is 0.190. The van der Waals surface area contributed by atoms with Crippen molar-refractivity contribution in [3.63, 3.8) is 0 Å². The fraction of sp³-hybridized carbons (Fsp3) is 0.0357. The van der Waals surface area contributed by atoms with Gasteiger partial charge in [0.25, 0.3) is 0 Å². The van der Waals surface area contributed by atoms with Gasteiger partial charge < -0.3 is 14.2 Å². The largest absolute Gasteiger partial charge is 0.457 e. The Kier molecular flexibility index (Phi) is 6.66. The highest BCUT2D eigenvalue weighted by molar-refractivity contribution is 7.80. The molecular formula is C28H20ClN3O3S. The zero-order chi connectivity index (χ0) is 25.1. The van der Waals surface area contributed by atoms with Crippen molar-refractivity contribution in [2.45, 2.75) is 6.92 Å². The van der Waals surface area contributed by atoms with E-state index >= 15 is 0 Å². The standard InChI is InChI=1S/C28H20ClN3O3S/c1-17-9-10-18(16-22(17)29)24-13-11-21(34-24)12-14-26(33)32-28(36)30-20-6-4-5-19(15-20)27-31-23-7-2-3-8-25(23)35-27/h2-16H,1H3,(H2,30,32,33,36)/b14-12+. The van der Waals surface area contributed by atoms with Crippen LogP contribution in [0, 0.1) is 6.92 Å². The van der Waals surface area contributed by atoms with Crippen LogP contribution in [-0.2, 0) is 4.79 Å². The SMILES string of the molecule is Cc1ccc(-c2ccc(/C=C/C(=O)NC(=S)Nc3cccc(-c4nc5ccccc5o4)c3)o2)cc1Cl. The monoisotopic (exact) mass is 513 g/mol. The maximum absolute atomic E-state index is 12.4. The Morgan fingerprint density at radius 2 is 1.83 bits per heavy atom. The number of anilines is 1. The van der Waals surface area contributed by atoms with Crippen LogP contribution in [0.4, 0.5) is 5.69 Å². The fourth-order valence-corrected chi connectivity index (χ4v) is 3.94. The number of thiocarbonyl (C=S) groups is 1. The van der Waals surface area contributed by atoms with Crippen molar-refractivity contribution in [3.05, 3.63) is 101 Å². The smallest absolute Gasteiger partial charge is 0.250 e. The summed E-state index contributed by atoms with van der Waals surface area (Å²) >= 11 is 11.5. The molecule has 5 aromatic rings. The molecule has 2 heterocycles. The first kappa shape index (κ1) is 23.5. The number of aromatic nitrogens is 1. The second-order valence-corrected chi connectivity index (χ2v) is 8.83. The molecule has 178 valence electrons. The van der Waals surface area contributed by atoms with Crippen LogP contribution in [-0.4, -0.2) is 16.0 Å². The zero-order valence-corrected chi connectivity index (χ0v) is 20.7. The van der Waals surface area contributed by atoms with E-state index in [2.05, 4.69) is 15.6 Å². The highest BCUT2D eigenvalue weighted by Crippen LogP contribution is 2.28. The molecule has 0 aliphatic rings. The third-order valence-corrected chi connectivity index (χ3v) is 5.99. The number of carbonyl (C=O) groups excluding carboxylic acids is 1. The number of carbonyl (C=O) groups is 1. The highest BCUT2D eigenvalue weighted by Gasteiger charge is 2.10. The molecule has 2 aromatic heterocycles. The van der Waals surface area contributed by atoms with Gasteiger partial charge in [0.15, 0.2) is 10.7 Å². The summed E-state index contributed by atoms with van der Waals surface area (Å²) in [7, 11) is 0. The van der Waals surface area contributed by atoms with Crippen LogP contribution in [0.3, 0.4) is 0 Å². The Hall–Kier alpha value is -4.20. The molecule has 0 saturated heterocycles. The molecule has 0 fully saturated rings. The number of fused-ring (bicyclic) bond motifs is 1. The van der Waals surface area contributed by atoms with Crippen LogP contribution in [0.2, 0.25) is 5.02 Å². The van der Waals surface area contributed by atoms with E-state index in [-0.39, 0.29) is 11.0 Å². The molecule has 2 N–H and O–H groups in total. The molecule has 36 heavy (non-hydrogen) atoms. The zero-order valence-electron chi connectivity index (χ0n) is 19.1. The molecule has 3 aromatic carbocycles. The van der Waals surface area contributed by atoms with Gasteiger partial charge in [0.1, 0.15) is 17.0 Å². The number of hydrogen-bond acceptors (Lipinski definition) is 5. The maximum atomic E-state index is 12.4. The predicted molar refractivity (Wildman–Crippen MR) is 147 cm³/mol. The number of hydrogen-bond donors (Lipinski definition) is 2. The van der Waals surface area contributed by atoms with Crippen molar-refractivity contribution < 1.29 is 13.6 Å². The number of halogens is 1. The summed E-state index contributed by atoms with van der Waals surface area (Å²) in [4.78, 5) is 16.9. The molecule has 0 aliphatic carbocycles. The number of benzene rings is 3. The van der Waals surface area contributed by atoms with E-state index in [4.69, 9.17) is 32.7 Å². The first-order chi connectivity index (χ1) is 17.4. The normalized spacial score (nSPS) is 11.2. The van der Waals surface area contributed by atoms with Crippen molar-refractivity contribution in [2.24, 2.45) is 0 Å². The molecule has 1 amide bonds. The summed E-state index contributed by atoms with van der Waals surface area (Å²) in [5.74, 6) is 1.30. The number of nitrogens with zero attached hydrogens (tertiary/aromatic N) is 1. The molecule has 0 spiro atoms. The molecule has 0 aliphatic heterocycles. The topological polar surface area (TPSA) is 80.3 Å². The lowest BCUT2D eigenvalue weighted by Crippen LogP contribution is -2.32. The van der Waals surface area contributed by atoms with Gasteiger partial charge in [-0.25, -0.2) is 4.98 Å². The third kappa shape index (κ3) is 5.38. The minimum atomic E-state index is -0.390. The average molecular weight is 514 g/mol. The van der Waals surface area contributed by atoms with Crippen molar-refractivity contribution in [3.8, 4) is 22.8 Å². The van der Waals surface area contributed by atoms with Crippen molar-refractivity contribution in [1.82, 2.24) is 10.3 Å². The Morgan fingerprint density at radius 1 is 0.972 bits per heavy atom. The molecule has 0 bridgehead atoms. The summed E-state index contributed by atoms with van der Waals surface area (Å²) in [5.41, 5.74) is 4.83. The lowest BCUT2D eigenvalue weighted by molar-refractivity contribution is -0.115. The molecular weight excluding hydrogens is 494 g/mol. The molecule has 6 nitrogen and oxygen atoms in total. The van der Waals surface area contributed by atoms with Crippen molar-refractivity contribution in [2.75, 3.05) is 5.32 Å². The summed E-state index contributed by atoms with van der Waals surface area (Å²) < 4.78 is 11.6.